The molecule has 2 heteroatoms. The summed E-state index contributed by atoms with van der Waals surface area (Å²) in [7, 11) is 0. The quantitative estimate of drug-likeness (QED) is 0.141. The average molecular weight is 341 g/mol. The van der Waals surface area contributed by atoms with Crippen molar-refractivity contribution in [1.82, 2.24) is 0 Å². The van der Waals surface area contributed by atoms with E-state index in [1.807, 2.05) is 0 Å². The van der Waals surface area contributed by atoms with Gasteiger partial charge in [0, 0.05) is 6.42 Å². The van der Waals surface area contributed by atoms with Gasteiger partial charge in [-0.1, -0.05) is 116 Å². The zero-order chi connectivity index (χ0) is 17.7. The van der Waals surface area contributed by atoms with Crippen LogP contribution in [0, 0.1) is 0 Å². The third kappa shape index (κ3) is 19.5. The highest BCUT2D eigenvalue weighted by molar-refractivity contribution is 4.54. The van der Waals surface area contributed by atoms with Crippen molar-refractivity contribution in [2.45, 2.75) is 129 Å². The van der Waals surface area contributed by atoms with E-state index in [0.29, 0.717) is 0 Å². The van der Waals surface area contributed by atoms with Gasteiger partial charge in [0.2, 0.25) is 0 Å². The Labute approximate surface area is 152 Å². The summed E-state index contributed by atoms with van der Waals surface area (Å²) in [6.45, 7) is 5.73. The molecule has 0 radical (unpaired) electrons. The minimum Gasteiger partial charge on any atom is -0.473 e. The van der Waals surface area contributed by atoms with E-state index >= 15 is 0 Å². The molecule has 0 amide bonds. The van der Waals surface area contributed by atoms with Crippen LogP contribution in [0.5, 0.6) is 0 Å². The number of hydrogen-bond donors (Lipinski definition) is 1. The van der Waals surface area contributed by atoms with Crippen molar-refractivity contribution in [3.8, 4) is 0 Å². The molecule has 0 fully saturated rings. The number of hydrogen-bond acceptors (Lipinski definition) is 2. The molecule has 0 aromatic carbocycles. The predicted octanol–water partition coefficient (Wildman–Crippen LogP) is 7.51. The lowest BCUT2D eigenvalue weighted by Gasteiger charge is -2.09. The summed E-state index contributed by atoms with van der Waals surface area (Å²) in [5.74, 6) is 0. The Bertz CT molecular complexity index is 240. The normalized spacial score (nSPS) is 12.2. The van der Waals surface area contributed by atoms with Crippen molar-refractivity contribution in [2.24, 2.45) is 0 Å². The van der Waals surface area contributed by atoms with E-state index in [0.717, 1.165) is 12.8 Å². The summed E-state index contributed by atoms with van der Waals surface area (Å²) >= 11 is 0. The van der Waals surface area contributed by atoms with Gasteiger partial charge in [0.1, 0.15) is 0 Å². The maximum Gasteiger partial charge on any atom is 0.196 e. The highest BCUT2D eigenvalue weighted by Crippen LogP contribution is 2.14. The number of unbranched alkanes of at least 4 members (excludes halogenated alkanes) is 16. The van der Waals surface area contributed by atoms with Crippen LogP contribution in [-0.4, -0.2) is 11.4 Å². The Hall–Kier alpha value is -0.500. The second kappa shape index (κ2) is 20.5. The minimum absolute atomic E-state index is 0.654. The molecule has 0 aliphatic rings. The van der Waals surface area contributed by atoms with Gasteiger partial charge in [-0.15, -0.1) is 0 Å². The van der Waals surface area contributed by atoms with Crippen LogP contribution >= 0.6 is 0 Å². The molecule has 144 valence electrons. The van der Waals surface area contributed by atoms with E-state index in [-0.39, 0.29) is 0 Å². The van der Waals surface area contributed by atoms with Crippen LogP contribution in [0.15, 0.2) is 12.8 Å². The zero-order valence-electron chi connectivity index (χ0n) is 16.4. The topological polar surface area (TPSA) is 29.5 Å². The maximum absolute atomic E-state index is 9.38. The lowest BCUT2D eigenvalue weighted by atomic mass is 10.0. The highest BCUT2D eigenvalue weighted by atomic mass is 16.6. The predicted molar refractivity (Wildman–Crippen MR) is 106 cm³/mol. The van der Waals surface area contributed by atoms with Gasteiger partial charge in [-0.3, -0.25) is 0 Å². The molecule has 0 aromatic heterocycles. The van der Waals surface area contributed by atoms with E-state index in [2.05, 4.69) is 13.5 Å². The molecule has 2 nitrogen and oxygen atoms in total. The van der Waals surface area contributed by atoms with Crippen LogP contribution in [0.4, 0.5) is 0 Å². The summed E-state index contributed by atoms with van der Waals surface area (Å²) in [6.07, 6.45) is 24.8. The number of aliphatic hydroxyl groups excluding tert-OH is 1. The second-order valence-corrected chi connectivity index (χ2v) is 7.20. The smallest absolute Gasteiger partial charge is 0.196 e. The molecule has 0 bridgehead atoms. The molecule has 1 unspecified atom stereocenters. The first-order chi connectivity index (χ1) is 11.8. The maximum atomic E-state index is 9.38. The molecule has 0 heterocycles. The van der Waals surface area contributed by atoms with E-state index < -0.39 is 6.29 Å². The van der Waals surface area contributed by atoms with E-state index in [1.54, 1.807) is 0 Å². The summed E-state index contributed by atoms with van der Waals surface area (Å²) < 4.78 is 4.89. The summed E-state index contributed by atoms with van der Waals surface area (Å²) in [6, 6.07) is 0. The Kier molecular flexibility index (Phi) is 20.1. The van der Waals surface area contributed by atoms with Gasteiger partial charge in [0.25, 0.3) is 0 Å². The lowest BCUT2D eigenvalue weighted by Crippen LogP contribution is -2.07. The summed E-state index contributed by atoms with van der Waals surface area (Å²) in [5.41, 5.74) is 0. The Balaban J connectivity index is 3.01. The Morgan fingerprint density at radius 2 is 1.00 bits per heavy atom. The van der Waals surface area contributed by atoms with Crippen LogP contribution in [0.25, 0.3) is 0 Å². The van der Waals surface area contributed by atoms with Gasteiger partial charge in [-0.25, -0.2) is 0 Å². The fraction of sp³-hybridized carbons (Fsp3) is 0.909. The lowest BCUT2D eigenvalue weighted by molar-refractivity contribution is -0.0569. The van der Waals surface area contributed by atoms with Crippen molar-refractivity contribution < 1.29 is 9.84 Å². The second-order valence-electron chi connectivity index (χ2n) is 7.20. The fourth-order valence-electron chi connectivity index (χ4n) is 3.22. The fourth-order valence-corrected chi connectivity index (χ4v) is 3.22. The Morgan fingerprint density at radius 3 is 1.33 bits per heavy atom. The van der Waals surface area contributed by atoms with E-state index in [4.69, 9.17) is 4.74 Å². The van der Waals surface area contributed by atoms with Gasteiger partial charge in [0.15, 0.2) is 6.29 Å². The first-order valence-corrected chi connectivity index (χ1v) is 10.8. The standard InChI is InChI=1S/C22H44O2/c1-3-5-6-7-8-9-10-11-12-13-14-15-16-17-18-19-20-21-22(23)24-4-2/h4,22-23H,2-3,5-21H2,1H3. The summed E-state index contributed by atoms with van der Waals surface area (Å²) in [4.78, 5) is 0. The largest absolute Gasteiger partial charge is 0.473 e. The van der Waals surface area contributed by atoms with Gasteiger partial charge >= 0.3 is 0 Å². The third-order valence-corrected chi connectivity index (χ3v) is 4.81. The number of aliphatic hydroxyl groups is 1. The van der Waals surface area contributed by atoms with Crippen molar-refractivity contribution in [3.63, 3.8) is 0 Å². The van der Waals surface area contributed by atoms with Gasteiger partial charge in [-0.2, -0.15) is 0 Å². The SMILES string of the molecule is C=COC(O)CCCCCCCCCCCCCCCCCCC. The van der Waals surface area contributed by atoms with Crippen molar-refractivity contribution in [1.29, 1.82) is 0 Å². The van der Waals surface area contributed by atoms with Crippen LogP contribution in [0.2, 0.25) is 0 Å². The van der Waals surface area contributed by atoms with Crippen molar-refractivity contribution >= 4 is 0 Å². The van der Waals surface area contributed by atoms with Crippen LogP contribution in [0.1, 0.15) is 122 Å². The third-order valence-electron chi connectivity index (χ3n) is 4.81. The first-order valence-electron chi connectivity index (χ1n) is 10.8. The van der Waals surface area contributed by atoms with Crippen LogP contribution in [0.3, 0.4) is 0 Å². The molecule has 0 aromatic rings. The molecule has 0 aliphatic heterocycles. The van der Waals surface area contributed by atoms with E-state index in [1.165, 1.54) is 109 Å². The number of rotatable bonds is 20. The molecule has 1 atom stereocenters. The molecular weight excluding hydrogens is 296 g/mol. The molecule has 0 saturated carbocycles. The van der Waals surface area contributed by atoms with E-state index in [9.17, 15) is 5.11 Å². The minimum atomic E-state index is -0.654. The molecule has 0 aliphatic carbocycles. The number of ether oxygens (including phenoxy) is 1. The first kappa shape index (κ1) is 23.5. The summed E-state index contributed by atoms with van der Waals surface area (Å²) in [5, 5.41) is 9.38. The van der Waals surface area contributed by atoms with Gasteiger partial charge in [0.05, 0.1) is 6.26 Å². The van der Waals surface area contributed by atoms with Crippen molar-refractivity contribution in [3.05, 3.63) is 12.8 Å². The van der Waals surface area contributed by atoms with Crippen LogP contribution < -0.4 is 0 Å². The van der Waals surface area contributed by atoms with Gasteiger partial charge < -0.3 is 9.84 Å². The monoisotopic (exact) mass is 340 g/mol. The molecular formula is C22H44O2. The van der Waals surface area contributed by atoms with Crippen molar-refractivity contribution in [2.75, 3.05) is 0 Å². The van der Waals surface area contributed by atoms with Crippen LogP contribution in [-0.2, 0) is 4.74 Å². The van der Waals surface area contributed by atoms with Gasteiger partial charge in [-0.05, 0) is 6.42 Å². The molecule has 0 spiro atoms. The molecule has 24 heavy (non-hydrogen) atoms. The molecule has 1 N–H and O–H groups in total. The zero-order valence-corrected chi connectivity index (χ0v) is 16.4. The highest BCUT2D eigenvalue weighted by Gasteiger charge is 2.01. The average Bonchev–Trinajstić information content (AvgIpc) is 2.58. The molecule has 0 saturated heterocycles. The molecule has 0 rings (SSSR count). The Morgan fingerprint density at radius 1 is 0.667 bits per heavy atom.